The van der Waals surface area contributed by atoms with Gasteiger partial charge in [0.15, 0.2) is 0 Å². The van der Waals surface area contributed by atoms with Crippen molar-refractivity contribution in [1.29, 1.82) is 0 Å². The molecule has 0 N–H and O–H groups in total. The largest absolute Gasteiger partial charge is 0.464 e. The first-order valence-electron chi connectivity index (χ1n) is 15.1. The van der Waals surface area contributed by atoms with Gasteiger partial charge in [0.1, 0.15) is 23.0 Å². The fourth-order valence-electron chi connectivity index (χ4n) is 7.33. The first-order valence-corrected chi connectivity index (χ1v) is 15.1. The number of rotatable bonds is 0. The second-order valence-electron chi connectivity index (χ2n) is 14.2. The number of furan rings is 2. The predicted molar refractivity (Wildman–Crippen MR) is 174 cm³/mol. The van der Waals surface area contributed by atoms with Gasteiger partial charge >= 0.3 is 0 Å². The van der Waals surface area contributed by atoms with Crippen LogP contribution in [0.3, 0.4) is 0 Å². The smallest absolute Gasteiger partial charge is 0.114 e. The van der Waals surface area contributed by atoms with Gasteiger partial charge in [-0.3, -0.25) is 0 Å². The zero-order valence-corrected chi connectivity index (χ0v) is 26.1. The summed E-state index contributed by atoms with van der Waals surface area (Å²) in [6, 6.07) is 35.5. The van der Waals surface area contributed by atoms with Crippen LogP contribution in [0.4, 0.5) is 0 Å². The van der Waals surface area contributed by atoms with Gasteiger partial charge < -0.3 is 8.83 Å². The summed E-state index contributed by atoms with van der Waals surface area (Å²) in [6.07, 6.45) is 0. The summed E-state index contributed by atoms with van der Waals surface area (Å²) < 4.78 is 13.7. The molecule has 2 nitrogen and oxygen atoms in total. The van der Waals surface area contributed by atoms with E-state index in [1.165, 1.54) is 43.8 Å². The first-order chi connectivity index (χ1) is 19.8. The Morgan fingerprint density at radius 3 is 0.738 bits per heavy atom. The van der Waals surface area contributed by atoms with Crippen molar-refractivity contribution >= 4 is 21.5 Å². The van der Waals surface area contributed by atoms with Gasteiger partial charge in [-0.15, -0.1) is 0 Å². The molecule has 0 fully saturated rings. The fraction of sp³-hybridized carbons (Fsp3) is 0.300. The van der Waals surface area contributed by atoms with E-state index in [1.807, 2.05) is 0 Å². The van der Waals surface area contributed by atoms with Crippen molar-refractivity contribution in [2.75, 3.05) is 0 Å². The van der Waals surface area contributed by atoms with E-state index in [0.717, 1.165) is 23.0 Å². The van der Waals surface area contributed by atoms with E-state index in [-0.39, 0.29) is 21.7 Å². The Labute approximate surface area is 249 Å². The Morgan fingerprint density at radius 2 is 0.524 bits per heavy atom. The summed E-state index contributed by atoms with van der Waals surface area (Å²) in [5, 5.41) is 5.00. The van der Waals surface area contributed by atoms with Crippen molar-refractivity contribution < 1.29 is 8.83 Å². The van der Waals surface area contributed by atoms with Crippen LogP contribution in [0.2, 0.25) is 0 Å². The Bertz CT molecular complexity index is 1710. The van der Waals surface area contributed by atoms with Gasteiger partial charge in [-0.05, 0) is 123 Å². The average Bonchev–Trinajstić information content (AvgIpc) is 3.68. The molecule has 0 radical (unpaired) electrons. The Morgan fingerprint density at radius 1 is 0.310 bits per heavy atom. The van der Waals surface area contributed by atoms with Gasteiger partial charge in [0.2, 0.25) is 0 Å². The van der Waals surface area contributed by atoms with Crippen molar-refractivity contribution in [2.24, 2.45) is 0 Å². The van der Waals surface area contributed by atoms with Crippen LogP contribution in [0, 0.1) is 0 Å². The summed E-state index contributed by atoms with van der Waals surface area (Å²) >= 11 is 0. The minimum absolute atomic E-state index is 0.337. The van der Waals surface area contributed by atoms with Crippen molar-refractivity contribution in [3.8, 4) is 0 Å². The molecule has 2 aromatic heterocycles. The molecule has 8 bridgehead atoms. The molecule has 0 saturated carbocycles. The topological polar surface area (TPSA) is 26.3 Å². The van der Waals surface area contributed by atoms with Crippen LogP contribution < -0.4 is 0 Å². The van der Waals surface area contributed by atoms with Crippen LogP contribution in [0.25, 0.3) is 21.5 Å². The van der Waals surface area contributed by atoms with E-state index < -0.39 is 0 Å². The van der Waals surface area contributed by atoms with E-state index in [2.05, 4.69) is 152 Å². The maximum Gasteiger partial charge on any atom is 0.114 e. The third-order valence-electron chi connectivity index (χ3n) is 10.2. The zero-order chi connectivity index (χ0) is 29.7. The average molecular weight is 553 g/mol. The second-order valence-corrected chi connectivity index (χ2v) is 14.2. The SMILES string of the molecule is CC1(C)c2ccc(o2)C(C)(C)c2ccc(c3ccccc23)C(C)(C)c2ccc(o2)C(C)(C)c2ccc1c1ccccc21. The van der Waals surface area contributed by atoms with Crippen LogP contribution in [0.1, 0.15) is 101 Å². The van der Waals surface area contributed by atoms with Gasteiger partial charge in [0, 0.05) is 21.7 Å². The van der Waals surface area contributed by atoms with Crippen LogP contribution in [0.15, 0.2) is 106 Å². The van der Waals surface area contributed by atoms with E-state index in [4.69, 9.17) is 8.83 Å². The van der Waals surface area contributed by atoms with E-state index in [9.17, 15) is 0 Å². The predicted octanol–water partition coefficient (Wildman–Crippen LogP) is 10.8. The maximum absolute atomic E-state index is 6.85. The Kier molecular flexibility index (Phi) is 5.58. The summed E-state index contributed by atoms with van der Waals surface area (Å²) in [4.78, 5) is 0. The molecule has 6 aromatic rings. The van der Waals surface area contributed by atoms with Crippen molar-refractivity contribution in [3.05, 3.63) is 142 Å². The molecule has 212 valence electrons. The quantitative estimate of drug-likeness (QED) is 0.187. The molecule has 0 saturated heterocycles. The third kappa shape index (κ3) is 3.63. The maximum atomic E-state index is 6.85. The monoisotopic (exact) mass is 552 g/mol. The highest BCUT2D eigenvalue weighted by Gasteiger charge is 2.38. The number of hydrogen-bond donors (Lipinski definition) is 0. The lowest BCUT2D eigenvalue weighted by Gasteiger charge is -2.31. The van der Waals surface area contributed by atoms with Gasteiger partial charge in [-0.25, -0.2) is 0 Å². The molecule has 3 heterocycles. The van der Waals surface area contributed by atoms with E-state index in [0.29, 0.717) is 0 Å². The van der Waals surface area contributed by atoms with Crippen molar-refractivity contribution in [2.45, 2.75) is 77.0 Å². The molecule has 7 rings (SSSR count). The number of fused-ring (bicyclic) bond motifs is 16. The lowest BCUT2D eigenvalue weighted by Crippen LogP contribution is -2.24. The number of benzene rings is 4. The van der Waals surface area contributed by atoms with Crippen LogP contribution in [-0.4, -0.2) is 0 Å². The molecule has 0 unspecified atom stereocenters. The third-order valence-corrected chi connectivity index (χ3v) is 10.2. The Balaban J connectivity index is 1.58. The standard InChI is InChI=1S/C40H40O2/c1-37(2)29-17-18-30(26-14-10-9-13-25(26)29)39(5,6)35-23-24-36(42-35)40(7,8)32-20-19-31(27-15-11-12-16-28(27)32)38(3,4)34-22-21-33(37)41-34/h9-24H,1-8H3. The lowest BCUT2D eigenvalue weighted by atomic mass is 9.74. The fourth-order valence-corrected chi connectivity index (χ4v) is 7.33. The van der Waals surface area contributed by atoms with Crippen LogP contribution >= 0.6 is 0 Å². The molecule has 42 heavy (non-hydrogen) atoms. The molecule has 0 aliphatic carbocycles. The van der Waals surface area contributed by atoms with Gasteiger partial charge in [0.25, 0.3) is 0 Å². The summed E-state index contributed by atoms with van der Waals surface area (Å²) in [7, 11) is 0. The molecule has 4 aromatic carbocycles. The lowest BCUT2D eigenvalue weighted by molar-refractivity contribution is 0.363. The molecular formula is C40H40O2. The molecule has 1 aliphatic heterocycles. The summed E-state index contributed by atoms with van der Waals surface area (Å²) in [5.74, 6) is 3.89. The summed E-state index contributed by atoms with van der Waals surface area (Å²) in [6.45, 7) is 18.2. The minimum Gasteiger partial charge on any atom is -0.464 e. The highest BCUT2D eigenvalue weighted by molar-refractivity contribution is 5.92. The highest BCUT2D eigenvalue weighted by Crippen LogP contribution is 2.47. The first kappa shape index (κ1) is 26.8. The summed E-state index contributed by atoms with van der Waals surface area (Å²) in [5.41, 5.74) is 3.68. The number of hydrogen-bond acceptors (Lipinski definition) is 2. The van der Waals surface area contributed by atoms with Gasteiger partial charge in [-0.1, -0.05) is 72.8 Å². The minimum atomic E-state index is -0.337. The van der Waals surface area contributed by atoms with E-state index >= 15 is 0 Å². The highest BCUT2D eigenvalue weighted by atomic mass is 16.3. The molecule has 1 aliphatic rings. The normalized spacial score (nSPS) is 18.3. The van der Waals surface area contributed by atoms with Crippen molar-refractivity contribution in [3.63, 3.8) is 0 Å². The molecule has 0 spiro atoms. The van der Waals surface area contributed by atoms with Crippen LogP contribution in [-0.2, 0) is 21.7 Å². The Hall–Kier alpha value is -4.04. The zero-order valence-electron chi connectivity index (χ0n) is 26.1. The molecular weight excluding hydrogens is 512 g/mol. The van der Waals surface area contributed by atoms with E-state index in [1.54, 1.807) is 0 Å². The molecule has 0 amide bonds. The molecule has 2 heteroatoms. The van der Waals surface area contributed by atoms with Gasteiger partial charge in [0.05, 0.1) is 0 Å². The van der Waals surface area contributed by atoms with Crippen molar-refractivity contribution in [1.82, 2.24) is 0 Å². The second kappa shape index (κ2) is 8.74. The molecule has 0 atom stereocenters. The van der Waals surface area contributed by atoms with Gasteiger partial charge in [-0.2, -0.15) is 0 Å². The van der Waals surface area contributed by atoms with Crippen LogP contribution in [0.5, 0.6) is 0 Å².